The number of hydrogen-bond acceptors (Lipinski definition) is 5. The summed E-state index contributed by atoms with van der Waals surface area (Å²) in [6.07, 6.45) is 2.59. The maximum absolute atomic E-state index is 9.90. The minimum atomic E-state index is -0.366. The highest BCUT2D eigenvalue weighted by Gasteiger charge is 2.24. The Labute approximate surface area is 106 Å². The molecule has 96 valence electrons. The van der Waals surface area contributed by atoms with Crippen molar-refractivity contribution in [1.29, 1.82) is 0 Å². The monoisotopic (exact) mass is 256 g/mol. The van der Waals surface area contributed by atoms with Crippen molar-refractivity contribution in [2.45, 2.75) is 38.3 Å². The first-order valence-electron chi connectivity index (χ1n) is 6.03. The Bertz CT molecular complexity index is 381. The van der Waals surface area contributed by atoms with E-state index in [1.807, 2.05) is 7.05 Å². The van der Waals surface area contributed by atoms with Gasteiger partial charge in [0.15, 0.2) is 5.13 Å². The van der Waals surface area contributed by atoms with Gasteiger partial charge in [-0.25, -0.2) is 4.98 Å². The minimum absolute atomic E-state index is 0.296. The van der Waals surface area contributed by atoms with Gasteiger partial charge in [-0.3, -0.25) is 0 Å². The molecule has 2 atom stereocenters. The summed E-state index contributed by atoms with van der Waals surface area (Å²) in [6, 6.07) is 0.296. The van der Waals surface area contributed by atoms with Crippen LogP contribution in [0.4, 0.5) is 5.13 Å². The normalized spacial score (nSPS) is 21.1. The fraction of sp³-hybridized carbons (Fsp3) is 0.750. The Kier molecular flexibility index (Phi) is 4.01. The lowest BCUT2D eigenvalue weighted by molar-refractivity contribution is 0.153. The molecule has 0 amide bonds. The van der Waals surface area contributed by atoms with Gasteiger partial charge in [0, 0.05) is 19.0 Å². The van der Waals surface area contributed by atoms with Gasteiger partial charge >= 0.3 is 0 Å². The molecule has 0 fully saturated rings. The molecule has 1 heterocycles. The molecule has 0 bridgehead atoms. The molecule has 0 radical (unpaired) electrons. The van der Waals surface area contributed by atoms with Crippen LogP contribution in [0.1, 0.15) is 36.4 Å². The fourth-order valence-corrected chi connectivity index (χ4v) is 3.30. The van der Waals surface area contributed by atoms with E-state index in [4.69, 9.17) is 4.74 Å². The van der Waals surface area contributed by atoms with Crippen LogP contribution in [-0.4, -0.2) is 36.9 Å². The zero-order valence-electron chi connectivity index (χ0n) is 10.6. The van der Waals surface area contributed by atoms with Crippen molar-refractivity contribution < 1.29 is 9.84 Å². The van der Waals surface area contributed by atoms with E-state index in [-0.39, 0.29) is 6.10 Å². The maximum atomic E-state index is 9.90. The number of likely N-dealkylation sites (N-methyl/N-ethyl adjacent to an activating group) is 1. The molecule has 17 heavy (non-hydrogen) atoms. The third kappa shape index (κ3) is 2.61. The van der Waals surface area contributed by atoms with Gasteiger partial charge in [0.1, 0.15) is 0 Å². The molecule has 2 unspecified atom stereocenters. The highest BCUT2D eigenvalue weighted by Crippen LogP contribution is 2.36. The van der Waals surface area contributed by atoms with Crippen molar-refractivity contribution in [2.75, 3.05) is 25.7 Å². The molecule has 5 heteroatoms. The van der Waals surface area contributed by atoms with E-state index >= 15 is 0 Å². The maximum Gasteiger partial charge on any atom is 0.185 e. The first-order chi connectivity index (χ1) is 8.13. The summed E-state index contributed by atoms with van der Waals surface area (Å²) in [5, 5.41) is 10.9. The molecule has 1 aromatic rings. The number of hydrogen-bond donors (Lipinski definition) is 1. The van der Waals surface area contributed by atoms with E-state index in [0.29, 0.717) is 12.6 Å². The average Bonchev–Trinajstić information content (AvgIpc) is 2.73. The van der Waals surface area contributed by atoms with Crippen LogP contribution in [0.2, 0.25) is 0 Å². The van der Waals surface area contributed by atoms with Crippen molar-refractivity contribution in [1.82, 2.24) is 4.98 Å². The van der Waals surface area contributed by atoms with E-state index in [1.165, 1.54) is 4.88 Å². The number of rotatable bonds is 4. The van der Waals surface area contributed by atoms with E-state index in [0.717, 1.165) is 30.1 Å². The summed E-state index contributed by atoms with van der Waals surface area (Å²) >= 11 is 1.70. The molecule has 2 rings (SSSR count). The van der Waals surface area contributed by atoms with Gasteiger partial charge in [0.2, 0.25) is 0 Å². The average molecular weight is 256 g/mol. The number of aliphatic hydroxyl groups is 1. The van der Waals surface area contributed by atoms with Crippen molar-refractivity contribution in [3.05, 3.63) is 10.6 Å². The third-order valence-corrected chi connectivity index (χ3v) is 4.51. The van der Waals surface area contributed by atoms with Crippen LogP contribution in [0.3, 0.4) is 0 Å². The number of thiazole rings is 1. The largest absolute Gasteiger partial charge is 0.387 e. The van der Waals surface area contributed by atoms with Gasteiger partial charge in [0.25, 0.3) is 0 Å². The molecule has 0 spiro atoms. The smallest absolute Gasteiger partial charge is 0.185 e. The molecule has 0 saturated heterocycles. The van der Waals surface area contributed by atoms with Crippen molar-refractivity contribution in [3.8, 4) is 0 Å². The Morgan fingerprint density at radius 1 is 1.65 bits per heavy atom. The second-order valence-electron chi connectivity index (χ2n) is 4.63. The van der Waals surface area contributed by atoms with E-state index < -0.39 is 0 Å². The quantitative estimate of drug-likeness (QED) is 0.895. The topological polar surface area (TPSA) is 45.6 Å². The van der Waals surface area contributed by atoms with Gasteiger partial charge in [-0.2, -0.15) is 0 Å². The van der Waals surface area contributed by atoms with E-state index in [2.05, 4.69) is 16.8 Å². The minimum Gasteiger partial charge on any atom is -0.387 e. The van der Waals surface area contributed by atoms with Crippen molar-refractivity contribution >= 4 is 16.5 Å². The summed E-state index contributed by atoms with van der Waals surface area (Å²) in [5.74, 6) is 0. The van der Waals surface area contributed by atoms with E-state index in [1.54, 1.807) is 18.4 Å². The number of nitrogens with zero attached hydrogens (tertiary/aromatic N) is 2. The second-order valence-corrected chi connectivity index (χ2v) is 5.69. The van der Waals surface area contributed by atoms with Crippen LogP contribution >= 0.6 is 11.3 Å². The molecular formula is C12H20N2O2S. The highest BCUT2D eigenvalue weighted by molar-refractivity contribution is 7.15. The molecule has 0 saturated carbocycles. The fourth-order valence-electron chi connectivity index (χ4n) is 2.08. The predicted octanol–water partition coefficient (Wildman–Crippen LogP) is 1.98. The highest BCUT2D eigenvalue weighted by atomic mass is 32.1. The van der Waals surface area contributed by atoms with Crippen LogP contribution in [0.5, 0.6) is 0 Å². The number of aryl methyl sites for hydroxylation is 1. The van der Waals surface area contributed by atoms with E-state index in [9.17, 15) is 5.11 Å². The Hall–Kier alpha value is -0.650. The van der Waals surface area contributed by atoms with Crippen LogP contribution in [0.15, 0.2) is 0 Å². The lowest BCUT2D eigenvalue weighted by Gasteiger charge is -2.23. The SMILES string of the molecule is COCC(C)N(C)c1nc2c(s1)CCCC2O. The first-order valence-corrected chi connectivity index (χ1v) is 6.84. The van der Waals surface area contributed by atoms with Gasteiger partial charge in [-0.1, -0.05) is 0 Å². The number of anilines is 1. The van der Waals surface area contributed by atoms with Gasteiger partial charge in [-0.05, 0) is 26.2 Å². The summed E-state index contributed by atoms with van der Waals surface area (Å²) in [6.45, 7) is 2.80. The van der Waals surface area contributed by atoms with Crippen LogP contribution in [-0.2, 0) is 11.2 Å². The molecule has 1 aromatic heterocycles. The Morgan fingerprint density at radius 2 is 2.41 bits per heavy atom. The number of fused-ring (bicyclic) bond motifs is 1. The standard InChI is InChI=1S/C12H20N2O2S/c1-8(7-16-3)14(2)12-13-11-9(15)5-4-6-10(11)17-12/h8-9,15H,4-7H2,1-3H3. The number of aliphatic hydroxyl groups excluding tert-OH is 1. The lowest BCUT2D eigenvalue weighted by Crippen LogP contribution is -2.32. The second kappa shape index (κ2) is 5.33. The third-order valence-electron chi connectivity index (χ3n) is 3.28. The number of methoxy groups -OCH3 is 1. The predicted molar refractivity (Wildman–Crippen MR) is 69.8 cm³/mol. The van der Waals surface area contributed by atoms with Gasteiger partial charge in [0.05, 0.1) is 24.4 Å². The first kappa shape index (κ1) is 12.8. The van der Waals surface area contributed by atoms with Crippen molar-refractivity contribution in [2.24, 2.45) is 0 Å². The summed E-state index contributed by atoms with van der Waals surface area (Å²) in [7, 11) is 3.74. The molecule has 1 aliphatic rings. The molecule has 0 aromatic carbocycles. The van der Waals surface area contributed by atoms with Crippen LogP contribution in [0, 0.1) is 0 Å². The zero-order chi connectivity index (χ0) is 12.4. The summed E-state index contributed by atoms with van der Waals surface area (Å²) < 4.78 is 5.16. The Morgan fingerprint density at radius 3 is 3.06 bits per heavy atom. The zero-order valence-corrected chi connectivity index (χ0v) is 11.5. The molecule has 1 aliphatic carbocycles. The van der Waals surface area contributed by atoms with Crippen molar-refractivity contribution in [3.63, 3.8) is 0 Å². The lowest BCUT2D eigenvalue weighted by atomic mass is 10.0. The number of aromatic nitrogens is 1. The summed E-state index contributed by atoms with van der Waals surface area (Å²) in [4.78, 5) is 7.94. The van der Waals surface area contributed by atoms with Crippen LogP contribution in [0.25, 0.3) is 0 Å². The molecule has 1 N–H and O–H groups in total. The molecule has 0 aliphatic heterocycles. The molecular weight excluding hydrogens is 236 g/mol. The van der Waals surface area contributed by atoms with Crippen LogP contribution < -0.4 is 4.90 Å². The molecule has 4 nitrogen and oxygen atoms in total. The summed E-state index contributed by atoms with van der Waals surface area (Å²) in [5.41, 5.74) is 0.896. The van der Waals surface area contributed by atoms with Gasteiger partial charge < -0.3 is 14.7 Å². The number of ether oxygens (including phenoxy) is 1. The van der Waals surface area contributed by atoms with Gasteiger partial charge in [-0.15, -0.1) is 11.3 Å². The Balaban J connectivity index is 2.17.